The number of rotatable bonds is 2. The lowest BCUT2D eigenvalue weighted by Crippen LogP contribution is -2.43. The molecule has 1 unspecified atom stereocenters. The highest BCUT2D eigenvalue weighted by Gasteiger charge is 2.28. The molecule has 0 saturated carbocycles. The summed E-state index contributed by atoms with van der Waals surface area (Å²) >= 11 is 4.76. The molecule has 0 bridgehead atoms. The molecule has 2 heterocycles. The smallest absolute Gasteiger partial charge is 0.265 e. The Kier molecular flexibility index (Phi) is 3.83. The van der Waals surface area contributed by atoms with Gasteiger partial charge in [0.15, 0.2) is 0 Å². The van der Waals surface area contributed by atoms with Gasteiger partial charge in [-0.3, -0.25) is 9.59 Å². The molecule has 1 atom stereocenters. The van der Waals surface area contributed by atoms with Crippen LogP contribution in [0, 0.1) is 5.92 Å². The van der Waals surface area contributed by atoms with Gasteiger partial charge in [-0.15, -0.1) is 11.3 Å². The van der Waals surface area contributed by atoms with Gasteiger partial charge in [0.25, 0.3) is 5.91 Å². The summed E-state index contributed by atoms with van der Waals surface area (Å²) in [7, 11) is 0. The van der Waals surface area contributed by atoms with Gasteiger partial charge in [-0.1, -0.05) is 0 Å². The van der Waals surface area contributed by atoms with Crippen LogP contribution >= 0.6 is 27.3 Å². The Bertz CT molecular complexity index is 446. The standard InChI is InChI=1S/C11H13BrN2O2S/c12-8-3-5-17-9(8)11(16)14-4-1-2-7(6-14)10(13)15/h3,5,7H,1-2,4,6H2,(H2,13,15). The zero-order chi connectivity index (χ0) is 12.4. The van der Waals surface area contributed by atoms with Crippen molar-refractivity contribution in [3.05, 3.63) is 20.8 Å². The van der Waals surface area contributed by atoms with E-state index in [0.29, 0.717) is 18.0 Å². The molecule has 4 nitrogen and oxygen atoms in total. The third-order valence-electron chi connectivity index (χ3n) is 2.92. The van der Waals surface area contributed by atoms with Crippen LogP contribution in [0.2, 0.25) is 0 Å². The van der Waals surface area contributed by atoms with E-state index in [4.69, 9.17) is 5.73 Å². The lowest BCUT2D eigenvalue weighted by atomic mass is 9.97. The first kappa shape index (κ1) is 12.6. The molecule has 0 radical (unpaired) electrons. The van der Waals surface area contributed by atoms with Crippen molar-refractivity contribution in [3.8, 4) is 0 Å². The fraction of sp³-hybridized carbons (Fsp3) is 0.455. The number of nitrogens with zero attached hydrogens (tertiary/aromatic N) is 1. The maximum atomic E-state index is 12.2. The number of primary amides is 1. The van der Waals surface area contributed by atoms with Gasteiger partial charge in [-0.2, -0.15) is 0 Å². The maximum Gasteiger partial charge on any atom is 0.265 e. The van der Waals surface area contributed by atoms with Gasteiger partial charge in [0, 0.05) is 17.6 Å². The molecule has 0 spiro atoms. The SMILES string of the molecule is NC(=O)C1CCCN(C(=O)c2sccc2Br)C1. The number of piperidine rings is 1. The largest absolute Gasteiger partial charge is 0.369 e. The first-order valence-electron chi connectivity index (χ1n) is 5.41. The van der Waals surface area contributed by atoms with E-state index in [1.54, 1.807) is 4.90 Å². The highest BCUT2D eigenvalue weighted by atomic mass is 79.9. The molecule has 92 valence electrons. The fourth-order valence-corrected chi connectivity index (χ4v) is 3.49. The van der Waals surface area contributed by atoms with E-state index in [2.05, 4.69) is 15.9 Å². The van der Waals surface area contributed by atoms with Crippen molar-refractivity contribution in [2.45, 2.75) is 12.8 Å². The average molecular weight is 317 g/mol. The number of hydrogen-bond acceptors (Lipinski definition) is 3. The number of halogens is 1. The van der Waals surface area contributed by atoms with Crippen molar-refractivity contribution in [1.29, 1.82) is 0 Å². The van der Waals surface area contributed by atoms with Crippen molar-refractivity contribution in [2.75, 3.05) is 13.1 Å². The van der Waals surface area contributed by atoms with Crippen molar-refractivity contribution in [2.24, 2.45) is 11.7 Å². The van der Waals surface area contributed by atoms with Crippen LogP contribution in [0.15, 0.2) is 15.9 Å². The van der Waals surface area contributed by atoms with E-state index >= 15 is 0 Å². The fourth-order valence-electron chi connectivity index (χ4n) is 1.98. The number of likely N-dealkylation sites (tertiary alicyclic amines) is 1. The number of nitrogens with two attached hydrogens (primary N) is 1. The molecular weight excluding hydrogens is 304 g/mol. The molecular formula is C11H13BrN2O2S. The quantitative estimate of drug-likeness (QED) is 0.905. The molecule has 17 heavy (non-hydrogen) atoms. The Hall–Kier alpha value is -0.880. The van der Waals surface area contributed by atoms with Crippen LogP contribution in [0.3, 0.4) is 0 Å². The highest BCUT2D eigenvalue weighted by molar-refractivity contribution is 9.10. The monoisotopic (exact) mass is 316 g/mol. The Morgan fingerprint density at radius 1 is 1.53 bits per heavy atom. The van der Waals surface area contributed by atoms with Crippen molar-refractivity contribution < 1.29 is 9.59 Å². The second kappa shape index (κ2) is 5.18. The topological polar surface area (TPSA) is 63.4 Å². The zero-order valence-corrected chi connectivity index (χ0v) is 11.6. The first-order valence-corrected chi connectivity index (χ1v) is 7.08. The Balaban J connectivity index is 2.10. The predicted molar refractivity (Wildman–Crippen MR) is 69.8 cm³/mol. The van der Waals surface area contributed by atoms with Crippen LogP contribution in [-0.2, 0) is 4.79 Å². The van der Waals surface area contributed by atoms with Gasteiger partial charge in [-0.05, 0) is 40.2 Å². The van der Waals surface area contributed by atoms with Crippen molar-refractivity contribution in [1.82, 2.24) is 4.90 Å². The molecule has 0 aliphatic carbocycles. The van der Waals surface area contributed by atoms with E-state index in [1.165, 1.54) is 11.3 Å². The summed E-state index contributed by atoms with van der Waals surface area (Å²) in [6, 6.07) is 1.85. The summed E-state index contributed by atoms with van der Waals surface area (Å²) in [5.41, 5.74) is 5.29. The van der Waals surface area contributed by atoms with E-state index < -0.39 is 0 Å². The Morgan fingerprint density at radius 3 is 2.88 bits per heavy atom. The summed E-state index contributed by atoms with van der Waals surface area (Å²) in [4.78, 5) is 25.8. The van der Waals surface area contributed by atoms with E-state index in [1.807, 2.05) is 11.4 Å². The molecule has 6 heteroatoms. The predicted octanol–water partition coefficient (Wildman–Crippen LogP) is 1.85. The van der Waals surface area contributed by atoms with Crippen LogP contribution in [-0.4, -0.2) is 29.8 Å². The van der Waals surface area contributed by atoms with Crippen LogP contribution in [0.4, 0.5) is 0 Å². The van der Waals surface area contributed by atoms with E-state index in [-0.39, 0.29) is 17.7 Å². The van der Waals surface area contributed by atoms with Crippen molar-refractivity contribution in [3.63, 3.8) is 0 Å². The van der Waals surface area contributed by atoms with Gasteiger partial charge in [0.05, 0.1) is 5.92 Å². The third kappa shape index (κ3) is 2.69. The summed E-state index contributed by atoms with van der Waals surface area (Å²) in [6.07, 6.45) is 1.62. The number of thiophene rings is 1. The van der Waals surface area contributed by atoms with Gasteiger partial charge in [-0.25, -0.2) is 0 Å². The maximum absolute atomic E-state index is 12.2. The minimum absolute atomic E-state index is 0.0159. The van der Waals surface area contributed by atoms with Crippen LogP contribution < -0.4 is 5.73 Å². The van der Waals surface area contributed by atoms with E-state index in [9.17, 15) is 9.59 Å². The summed E-state index contributed by atoms with van der Waals surface area (Å²) in [6.45, 7) is 1.14. The minimum Gasteiger partial charge on any atom is -0.369 e. The highest BCUT2D eigenvalue weighted by Crippen LogP contribution is 2.26. The summed E-state index contributed by atoms with van der Waals surface area (Å²) < 4.78 is 0.814. The molecule has 2 amide bonds. The lowest BCUT2D eigenvalue weighted by Gasteiger charge is -2.31. The second-order valence-electron chi connectivity index (χ2n) is 4.09. The minimum atomic E-state index is -0.312. The lowest BCUT2D eigenvalue weighted by molar-refractivity contribution is -0.123. The average Bonchev–Trinajstić information content (AvgIpc) is 2.74. The Morgan fingerprint density at radius 2 is 2.29 bits per heavy atom. The zero-order valence-electron chi connectivity index (χ0n) is 9.19. The Labute approximate surface area is 112 Å². The molecule has 2 N–H and O–H groups in total. The van der Waals surface area contributed by atoms with E-state index in [0.717, 1.165) is 17.3 Å². The summed E-state index contributed by atoms with van der Waals surface area (Å²) in [5, 5.41) is 1.87. The van der Waals surface area contributed by atoms with Gasteiger partial charge >= 0.3 is 0 Å². The van der Waals surface area contributed by atoms with Crippen molar-refractivity contribution >= 4 is 39.1 Å². The molecule has 1 aliphatic rings. The van der Waals surface area contributed by atoms with Gasteiger partial charge < -0.3 is 10.6 Å². The number of amides is 2. The molecule has 1 aromatic heterocycles. The number of carbonyl (C=O) groups excluding carboxylic acids is 2. The van der Waals surface area contributed by atoms with Gasteiger partial charge in [0.1, 0.15) is 4.88 Å². The van der Waals surface area contributed by atoms with Crippen LogP contribution in [0.25, 0.3) is 0 Å². The third-order valence-corrected chi connectivity index (χ3v) is 4.75. The van der Waals surface area contributed by atoms with Gasteiger partial charge in [0.2, 0.25) is 5.91 Å². The molecule has 2 rings (SSSR count). The first-order chi connectivity index (χ1) is 8.09. The molecule has 0 aromatic carbocycles. The van der Waals surface area contributed by atoms with Crippen LogP contribution in [0.1, 0.15) is 22.5 Å². The normalized spacial score (nSPS) is 20.3. The molecule has 1 saturated heterocycles. The number of hydrogen-bond donors (Lipinski definition) is 1. The molecule has 1 aliphatic heterocycles. The second-order valence-corrected chi connectivity index (χ2v) is 5.86. The number of carbonyl (C=O) groups is 2. The van der Waals surface area contributed by atoms with Crippen LogP contribution in [0.5, 0.6) is 0 Å². The molecule has 1 aromatic rings. The molecule has 1 fully saturated rings. The summed E-state index contributed by atoms with van der Waals surface area (Å²) in [5.74, 6) is -0.531.